The second-order valence-electron chi connectivity index (χ2n) is 4.18. The van der Waals surface area contributed by atoms with Gasteiger partial charge in [0.2, 0.25) is 0 Å². The van der Waals surface area contributed by atoms with E-state index in [0.29, 0.717) is 23.7 Å². The van der Waals surface area contributed by atoms with Gasteiger partial charge in [0.25, 0.3) is 0 Å². The van der Waals surface area contributed by atoms with Crippen LogP contribution in [0.1, 0.15) is 5.56 Å². The van der Waals surface area contributed by atoms with Crippen molar-refractivity contribution in [1.82, 2.24) is 0 Å². The van der Waals surface area contributed by atoms with Crippen molar-refractivity contribution in [2.24, 2.45) is 5.73 Å². The van der Waals surface area contributed by atoms with E-state index in [1.807, 2.05) is 0 Å². The molecule has 0 fully saturated rings. The fraction of sp³-hybridized carbons (Fsp3) is 0.417. The molecule has 0 amide bonds. The average Bonchev–Trinajstić information content (AvgIpc) is 2.70. The number of carboxylic acid groups (broad SMARTS) is 1. The summed E-state index contributed by atoms with van der Waals surface area (Å²) in [7, 11) is 0. The zero-order chi connectivity index (χ0) is 13.1. The highest BCUT2D eigenvalue weighted by Crippen LogP contribution is 2.30. The van der Waals surface area contributed by atoms with E-state index in [2.05, 4.69) is 0 Å². The van der Waals surface area contributed by atoms with Crippen molar-refractivity contribution in [3.63, 3.8) is 0 Å². The molecule has 1 aliphatic heterocycles. The van der Waals surface area contributed by atoms with Crippen LogP contribution < -0.4 is 10.5 Å². The normalized spacial score (nSPS) is 19.1. The highest BCUT2D eigenvalue weighted by atomic mass is 32.2. The molecule has 1 aliphatic rings. The number of rotatable bonds is 5. The van der Waals surface area contributed by atoms with Gasteiger partial charge in [0.1, 0.15) is 23.7 Å². The lowest BCUT2D eigenvalue weighted by Crippen LogP contribution is -2.33. The highest BCUT2D eigenvalue weighted by molar-refractivity contribution is 7.99. The number of halogens is 1. The molecule has 18 heavy (non-hydrogen) atoms. The van der Waals surface area contributed by atoms with E-state index >= 15 is 0 Å². The van der Waals surface area contributed by atoms with Crippen molar-refractivity contribution in [2.75, 3.05) is 11.5 Å². The number of carboxylic acids is 1. The van der Waals surface area contributed by atoms with Crippen molar-refractivity contribution >= 4 is 17.7 Å². The number of aliphatic carboxylic acids is 1. The molecule has 1 heterocycles. The number of fused-ring (bicyclic) bond motifs is 1. The molecule has 2 unspecified atom stereocenters. The Kier molecular flexibility index (Phi) is 4.08. The molecule has 98 valence electrons. The fourth-order valence-electron chi connectivity index (χ4n) is 1.78. The predicted octanol–water partition coefficient (Wildman–Crippen LogP) is 1.27. The first kappa shape index (κ1) is 13.2. The van der Waals surface area contributed by atoms with Crippen LogP contribution in [-0.2, 0) is 11.2 Å². The number of thioether (sulfide) groups is 1. The summed E-state index contributed by atoms with van der Waals surface area (Å²) in [6.07, 6.45) is 0.621. The molecule has 4 nitrogen and oxygen atoms in total. The summed E-state index contributed by atoms with van der Waals surface area (Å²) in [6, 6.07) is 3.62. The molecule has 0 saturated heterocycles. The number of hydrogen-bond acceptors (Lipinski definition) is 4. The molecule has 3 N–H and O–H groups in total. The number of benzene rings is 1. The maximum absolute atomic E-state index is 13.0. The van der Waals surface area contributed by atoms with Crippen LogP contribution >= 0.6 is 11.8 Å². The summed E-state index contributed by atoms with van der Waals surface area (Å²) in [4.78, 5) is 10.5. The van der Waals surface area contributed by atoms with E-state index < -0.39 is 12.0 Å². The Bertz CT molecular complexity index is 455. The lowest BCUT2D eigenvalue weighted by Gasteiger charge is -2.11. The van der Waals surface area contributed by atoms with Gasteiger partial charge < -0.3 is 15.6 Å². The van der Waals surface area contributed by atoms with Gasteiger partial charge in [-0.3, -0.25) is 4.79 Å². The van der Waals surface area contributed by atoms with Crippen LogP contribution in [0.4, 0.5) is 4.39 Å². The van der Waals surface area contributed by atoms with Crippen molar-refractivity contribution in [2.45, 2.75) is 18.6 Å². The van der Waals surface area contributed by atoms with Gasteiger partial charge in [0, 0.05) is 23.5 Å². The van der Waals surface area contributed by atoms with E-state index in [1.54, 1.807) is 6.07 Å². The van der Waals surface area contributed by atoms with E-state index in [9.17, 15) is 9.18 Å². The predicted molar refractivity (Wildman–Crippen MR) is 67.5 cm³/mol. The van der Waals surface area contributed by atoms with Crippen LogP contribution in [0, 0.1) is 5.82 Å². The Morgan fingerprint density at radius 1 is 1.67 bits per heavy atom. The monoisotopic (exact) mass is 271 g/mol. The van der Waals surface area contributed by atoms with Crippen molar-refractivity contribution in [1.29, 1.82) is 0 Å². The Labute approximate surface area is 108 Å². The largest absolute Gasteiger partial charge is 0.489 e. The van der Waals surface area contributed by atoms with Gasteiger partial charge in [0.15, 0.2) is 0 Å². The minimum absolute atomic E-state index is 0.0344. The maximum atomic E-state index is 13.0. The first-order chi connectivity index (χ1) is 8.56. The lowest BCUT2D eigenvalue weighted by atomic mass is 10.1. The summed E-state index contributed by atoms with van der Waals surface area (Å²) in [5.41, 5.74) is 6.26. The number of hydrogen-bond donors (Lipinski definition) is 2. The SMILES string of the molecule is NC(CSCC1Cc2cc(F)ccc2O1)C(=O)O. The van der Waals surface area contributed by atoms with E-state index in [4.69, 9.17) is 15.6 Å². The third-order valence-electron chi connectivity index (χ3n) is 2.68. The zero-order valence-electron chi connectivity index (χ0n) is 9.64. The van der Waals surface area contributed by atoms with Gasteiger partial charge in [-0.15, -0.1) is 0 Å². The van der Waals surface area contributed by atoms with Crippen molar-refractivity contribution in [3.05, 3.63) is 29.6 Å². The molecule has 0 bridgehead atoms. The summed E-state index contributed by atoms with van der Waals surface area (Å²) < 4.78 is 18.6. The first-order valence-electron chi connectivity index (χ1n) is 5.57. The van der Waals surface area contributed by atoms with Gasteiger partial charge in [-0.2, -0.15) is 11.8 Å². The van der Waals surface area contributed by atoms with Gasteiger partial charge in [0.05, 0.1) is 0 Å². The summed E-state index contributed by atoms with van der Waals surface area (Å²) in [6.45, 7) is 0. The van der Waals surface area contributed by atoms with E-state index in [0.717, 1.165) is 5.56 Å². The topological polar surface area (TPSA) is 72.5 Å². The Morgan fingerprint density at radius 2 is 2.44 bits per heavy atom. The maximum Gasteiger partial charge on any atom is 0.321 e. The second-order valence-corrected chi connectivity index (χ2v) is 5.25. The third kappa shape index (κ3) is 3.14. The molecule has 1 aromatic rings. The average molecular weight is 271 g/mol. The molecule has 0 aromatic heterocycles. The number of carbonyl (C=O) groups is 1. The third-order valence-corrected chi connectivity index (χ3v) is 3.88. The smallest absolute Gasteiger partial charge is 0.321 e. The van der Waals surface area contributed by atoms with Crippen LogP contribution in [0.25, 0.3) is 0 Å². The molecule has 0 aliphatic carbocycles. The molecule has 0 radical (unpaired) electrons. The standard InChI is InChI=1S/C12H14FNO3S/c13-8-1-2-11-7(3-8)4-9(17-11)5-18-6-10(14)12(15)16/h1-3,9-10H,4-6,14H2,(H,15,16). The van der Waals surface area contributed by atoms with E-state index in [-0.39, 0.29) is 11.9 Å². The van der Waals surface area contributed by atoms with E-state index in [1.165, 1.54) is 23.9 Å². The summed E-state index contributed by atoms with van der Waals surface area (Å²) >= 11 is 1.44. The molecule has 0 saturated carbocycles. The zero-order valence-corrected chi connectivity index (χ0v) is 10.5. The van der Waals surface area contributed by atoms with Crippen molar-refractivity contribution in [3.8, 4) is 5.75 Å². The molecule has 6 heteroatoms. The van der Waals surface area contributed by atoms with Gasteiger partial charge >= 0.3 is 5.97 Å². The first-order valence-corrected chi connectivity index (χ1v) is 6.73. The van der Waals surface area contributed by atoms with Gasteiger partial charge in [-0.05, 0) is 18.2 Å². The molecular weight excluding hydrogens is 257 g/mol. The molecular formula is C12H14FNO3S. The number of nitrogens with two attached hydrogens (primary N) is 1. The van der Waals surface area contributed by atoms with Crippen LogP contribution in [0.2, 0.25) is 0 Å². The molecule has 2 atom stereocenters. The summed E-state index contributed by atoms with van der Waals surface area (Å²) in [5.74, 6) is 0.445. The van der Waals surface area contributed by atoms with Gasteiger partial charge in [-0.1, -0.05) is 0 Å². The highest BCUT2D eigenvalue weighted by Gasteiger charge is 2.23. The molecule has 2 rings (SSSR count). The van der Waals surface area contributed by atoms with Crippen molar-refractivity contribution < 1.29 is 19.0 Å². The molecule has 1 aromatic carbocycles. The van der Waals surface area contributed by atoms with Gasteiger partial charge in [-0.25, -0.2) is 4.39 Å². The Hall–Kier alpha value is -1.27. The Morgan fingerprint density at radius 3 is 3.17 bits per heavy atom. The van der Waals surface area contributed by atoms with Crippen LogP contribution in [0.15, 0.2) is 18.2 Å². The quantitative estimate of drug-likeness (QED) is 0.844. The Balaban J connectivity index is 1.80. The second kappa shape index (κ2) is 5.58. The number of ether oxygens (including phenoxy) is 1. The fourth-order valence-corrected chi connectivity index (χ4v) is 2.76. The van der Waals surface area contributed by atoms with Crippen LogP contribution in [0.5, 0.6) is 5.75 Å². The summed E-state index contributed by atoms with van der Waals surface area (Å²) in [5, 5.41) is 8.64. The van der Waals surface area contributed by atoms with Crippen LogP contribution in [-0.4, -0.2) is 34.7 Å². The minimum atomic E-state index is -1.000. The molecule has 0 spiro atoms. The van der Waals surface area contributed by atoms with Crippen LogP contribution in [0.3, 0.4) is 0 Å². The lowest BCUT2D eigenvalue weighted by molar-refractivity contribution is -0.137. The minimum Gasteiger partial charge on any atom is -0.489 e.